The lowest BCUT2D eigenvalue weighted by atomic mass is 10.1. The number of aromatic nitrogens is 1. The van der Waals surface area contributed by atoms with E-state index in [9.17, 15) is 13.2 Å². The van der Waals surface area contributed by atoms with Crippen molar-refractivity contribution in [1.82, 2.24) is 9.71 Å². The minimum atomic E-state index is -3.68. The molecule has 2 rings (SSSR count). The normalized spacial score (nSPS) is 11.3. The van der Waals surface area contributed by atoms with Gasteiger partial charge in [0.05, 0.1) is 7.11 Å². The molecule has 0 radical (unpaired) electrons. The topological polar surface area (TPSA) is 88.3 Å². The minimum absolute atomic E-state index is 0.00412. The molecule has 21 heavy (non-hydrogen) atoms. The predicted octanol–water partition coefficient (Wildman–Crippen LogP) is 1.59. The molecular formula is C14H16N2O4S. The molecule has 0 bridgehead atoms. The third-order valence-corrected chi connectivity index (χ3v) is 4.30. The zero-order valence-electron chi connectivity index (χ0n) is 11.7. The zero-order valence-corrected chi connectivity index (χ0v) is 12.5. The molecule has 0 unspecified atom stereocenters. The summed E-state index contributed by atoms with van der Waals surface area (Å²) in [4.78, 5) is 13.9. The van der Waals surface area contributed by atoms with Gasteiger partial charge in [-0.1, -0.05) is 29.8 Å². The monoisotopic (exact) mass is 308 g/mol. The van der Waals surface area contributed by atoms with Crippen molar-refractivity contribution in [2.45, 2.75) is 18.4 Å². The lowest BCUT2D eigenvalue weighted by molar-refractivity contribution is 0.0595. The first kappa shape index (κ1) is 15.3. The molecule has 0 spiro atoms. The van der Waals surface area contributed by atoms with Crippen LogP contribution in [0.3, 0.4) is 0 Å². The van der Waals surface area contributed by atoms with Crippen LogP contribution in [0.1, 0.15) is 21.6 Å². The maximum Gasteiger partial charge on any atom is 0.354 e. The number of sulfonamides is 1. The Kier molecular flexibility index (Phi) is 4.44. The maximum absolute atomic E-state index is 12.1. The maximum atomic E-state index is 12.1. The number of rotatable bonds is 5. The van der Waals surface area contributed by atoms with Gasteiger partial charge in [-0.05, 0) is 18.6 Å². The summed E-state index contributed by atoms with van der Waals surface area (Å²) in [5.74, 6) is -0.616. The van der Waals surface area contributed by atoms with Gasteiger partial charge in [0, 0.05) is 12.7 Å². The Morgan fingerprint density at radius 1 is 1.33 bits per heavy atom. The number of nitrogens with one attached hydrogen (secondary N) is 2. The number of H-pyrrole nitrogens is 1. The number of ether oxygens (including phenoxy) is 1. The highest BCUT2D eigenvalue weighted by Crippen LogP contribution is 2.12. The van der Waals surface area contributed by atoms with Gasteiger partial charge in [-0.15, -0.1) is 0 Å². The summed E-state index contributed by atoms with van der Waals surface area (Å²) in [5.41, 5.74) is 2.01. The molecule has 1 aromatic carbocycles. The van der Waals surface area contributed by atoms with E-state index in [-0.39, 0.29) is 17.1 Å². The van der Waals surface area contributed by atoms with Gasteiger partial charge in [-0.2, -0.15) is 0 Å². The molecule has 0 fully saturated rings. The van der Waals surface area contributed by atoms with Gasteiger partial charge in [0.2, 0.25) is 10.0 Å². The van der Waals surface area contributed by atoms with E-state index in [2.05, 4.69) is 14.4 Å². The lowest BCUT2D eigenvalue weighted by Crippen LogP contribution is -2.22. The summed E-state index contributed by atoms with van der Waals surface area (Å²) in [6.07, 6.45) is 1.25. The van der Waals surface area contributed by atoms with Crippen molar-refractivity contribution in [2.75, 3.05) is 7.11 Å². The Bertz CT molecular complexity index is 750. The quantitative estimate of drug-likeness (QED) is 0.821. The van der Waals surface area contributed by atoms with E-state index in [1.807, 2.05) is 31.2 Å². The largest absolute Gasteiger partial charge is 0.464 e. The van der Waals surface area contributed by atoms with E-state index < -0.39 is 16.0 Å². The van der Waals surface area contributed by atoms with E-state index >= 15 is 0 Å². The molecule has 2 aromatic rings. The van der Waals surface area contributed by atoms with Gasteiger partial charge >= 0.3 is 5.97 Å². The van der Waals surface area contributed by atoms with Crippen molar-refractivity contribution in [1.29, 1.82) is 0 Å². The standard InChI is InChI=1S/C14H16N2O4S/c1-10-4-3-5-11(6-10)8-16-21(18,19)12-7-13(15-9-12)14(17)20-2/h3-7,9,15-16H,8H2,1-2H3. The number of methoxy groups -OCH3 is 1. The van der Waals surface area contributed by atoms with Gasteiger partial charge in [0.25, 0.3) is 0 Å². The molecular weight excluding hydrogens is 292 g/mol. The molecule has 1 heterocycles. The zero-order chi connectivity index (χ0) is 15.5. The van der Waals surface area contributed by atoms with E-state index in [1.165, 1.54) is 19.4 Å². The molecule has 6 nitrogen and oxygen atoms in total. The van der Waals surface area contributed by atoms with Crippen molar-refractivity contribution in [3.05, 3.63) is 53.3 Å². The molecule has 1 aromatic heterocycles. The average Bonchev–Trinajstić information content (AvgIpc) is 2.95. The fourth-order valence-corrected chi connectivity index (χ4v) is 2.85. The molecule has 0 aliphatic rings. The summed E-state index contributed by atoms with van der Waals surface area (Å²) in [5, 5.41) is 0. The lowest BCUT2D eigenvalue weighted by Gasteiger charge is -2.05. The second-order valence-corrected chi connectivity index (χ2v) is 6.32. The number of carbonyl (C=O) groups is 1. The van der Waals surface area contributed by atoms with Crippen LogP contribution in [-0.4, -0.2) is 26.5 Å². The second kappa shape index (κ2) is 6.11. The Morgan fingerprint density at radius 2 is 2.10 bits per heavy atom. The van der Waals surface area contributed by atoms with Crippen LogP contribution in [0, 0.1) is 6.92 Å². The Balaban J connectivity index is 2.11. The predicted molar refractivity (Wildman–Crippen MR) is 77.3 cm³/mol. The highest BCUT2D eigenvalue weighted by Gasteiger charge is 2.18. The van der Waals surface area contributed by atoms with Crippen LogP contribution < -0.4 is 4.72 Å². The van der Waals surface area contributed by atoms with Crippen molar-refractivity contribution < 1.29 is 17.9 Å². The Hall–Kier alpha value is -2.12. The molecule has 0 saturated heterocycles. The van der Waals surface area contributed by atoms with Gasteiger partial charge in [-0.3, -0.25) is 0 Å². The van der Waals surface area contributed by atoms with Crippen LogP contribution in [0.5, 0.6) is 0 Å². The number of carbonyl (C=O) groups excluding carboxylic acids is 1. The summed E-state index contributed by atoms with van der Waals surface area (Å²) < 4.78 is 31.3. The van der Waals surface area contributed by atoms with Crippen molar-refractivity contribution in [2.24, 2.45) is 0 Å². The number of aromatic amines is 1. The second-order valence-electron chi connectivity index (χ2n) is 4.55. The molecule has 0 amide bonds. The number of aryl methyl sites for hydroxylation is 1. The SMILES string of the molecule is COC(=O)c1cc(S(=O)(=O)NCc2cccc(C)c2)c[nH]1. The number of hydrogen-bond donors (Lipinski definition) is 2. The number of hydrogen-bond acceptors (Lipinski definition) is 4. The third-order valence-electron chi connectivity index (χ3n) is 2.92. The highest BCUT2D eigenvalue weighted by molar-refractivity contribution is 7.89. The Labute approximate surface area is 123 Å². The van der Waals surface area contributed by atoms with Gasteiger partial charge in [-0.25, -0.2) is 17.9 Å². The summed E-state index contributed by atoms with van der Waals surface area (Å²) in [6.45, 7) is 2.12. The minimum Gasteiger partial charge on any atom is -0.464 e. The fourth-order valence-electron chi connectivity index (χ4n) is 1.84. The van der Waals surface area contributed by atoms with Crippen LogP contribution in [0.2, 0.25) is 0 Å². The van der Waals surface area contributed by atoms with E-state index in [1.54, 1.807) is 0 Å². The van der Waals surface area contributed by atoms with Crippen LogP contribution in [0.4, 0.5) is 0 Å². The average molecular weight is 308 g/mol. The molecule has 112 valence electrons. The molecule has 7 heteroatoms. The summed E-state index contributed by atoms with van der Waals surface area (Å²) in [6, 6.07) is 8.79. The number of benzene rings is 1. The first-order valence-electron chi connectivity index (χ1n) is 6.24. The molecule has 0 atom stereocenters. The number of esters is 1. The third kappa shape index (κ3) is 3.71. The van der Waals surface area contributed by atoms with Crippen LogP contribution in [0.25, 0.3) is 0 Å². The highest BCUT2D eigenvalue weighted by atomic mass is 32.2. The van der Waals surface area contributed by atoms with Crippen molar-refractivity contribution in [3.8, 4) is 0 Å². The van der Waals surface area contributed by atoms with Crippen LogP contribution >= 0.6 is 0 Å². The van der Waals surface area contributed by atoms with Gasteiger partial charge in [0.15, 0.2) is 0 Å². The van der Waals surface area contributed by atoms with Gasteiger partial charge in [0.1, 0.15) is 10.6 Å². The molecule has 2 N–H and O–H groups in total. The van der Waals surface area contributed by atoms with Crippen molar-refractivity contribution >= 4 is 16.0 Å². The molecule has 0 aliphatic heterocycles. The van der Waals surface area contributed by atoms with Gasteiger partial charge < -0.3 is 9.72 Å². The first-order chi connectivity index (χ1) is 9.92. The fraction of sp³-hybridized carbons (Fsp3) is 0.214. The molecule has 0 aliphatic carbocycles. The summed E-state index contributed by atoms with van der Waals surface area (Å²) in [7, 11) is -2.45. The van der Waals surface area contributed by atoms with E-state index in [4.69, 9.17) is 0 Å². The van der Waals surface area contributed by atoms with Crippen LogP contribution in [0.15, 0.2) is 41.4 Å². The van der Waals surface area contributed by atoms with E-state index in [0.717, 1.165) is 11.1 Å². The smallest absolute Gasteiger partial charge is 0.354 e. The van der Waals surface area contributed by atoms with Crippen molar-refractivity contribution in [3.63, 3.8) is 0 Å². The summed E-state index contributed by atoms with van der Waals surface area (Å²) >= 11 is 0. The first-order valence-corrected chi connectivity index (χ1v) is 7.72. The van der Waals surface area contributed by atoms with E-state index in [0.29, 0.717) is 0 Å². The Morgan fingerprint density at radius 3 is 2.76 bits per heavy atom. The van der Waals surface area contributed by atoms with Crippen LogP contribution in [-0.2, 0) is 21.3 Å². The molecule has 0 saturated carbocycles.